The van der Waals surface area contributed by atoms with Crippen LogP contribution in [0.3, 0.4) is 0 Å². The van der Waals surface area contributed by atoms with Gasteiger partial charge in [0.2, 0.25) is 0 Å². The highest BCUT2D eigenvalue weighted by molar-refractivity contribution is 5.14. The summed E-state index contributed by atoms with van der Waals surface area (Å²) in [5.41, 5.74) is 1.99. The number of hydrogen-bond acceptors (Lipinski definition) is 2. The molecule has 1 saturated carbocycles. The molecule has 1 heterocycles. The molecule has 0 bridgehead atoms. The Morgan fingerprint density at radius 1 is 1.14 bits per heavy atom. The average molecular weight is 286 g/mol. The van der Waals surface area contributed by atoms with Crippen LogP contribution in [-0.4, -0.2) is 36.1 Å². The standard InChI is InChI=1S/C19H30N2/c1-17-15-21(19(16-20-17)12-6-7-13-19)14-8-5-11-18-9-3-2-4-10-18/h2-4,9-10,17,20H,5-8,11-16H2,1H3. The van der Waals surface area contributed by atoms with E-state index in [1.54, 1.807) is 0 Å². The van der Waals surface area contributed by atoms with Crippen molar-refractivity contribution in [3.05, 3.63) is 35.9 Å². The Labute approximate surface area is 129 Å². The van der Waals surface area contributed by atoms with Crippen molar-refractivity contribution in [2.75, 3.05) is 19.6 Å². The number of nitrogens with one attached hydrogen (secondary N) is 1. The highest BCUT2D eigenvalue weighted by Crippen LogP contribution is 2.36. The molecular formula is C19H30N2. The molecule has 2 aliphatic rings. The van der Waals surface area contributed by atoms with Gasteiger partial charge in [-0.05, 0) is 51.1 Å². The molecule has 1 N–H and O–H groups in total. The van der Waals surface area contributed by atoms with Crippen molar-refractivity contribution in [1.29, 1.82) is 0 Å². The first kappa shape index (κ1) is 15.1. The first-order valence-electron chi connectivity index (χ1n) is 8.81. The second kappa shape index (κ2) is 6.93. The second-order valence-electron chi connectivity index (χ2n) is 7.10. The number of benzene rings is 1. The maximum atomic E-state index is 3.72. The van der Waals surface area contributed by atoms with E-state index >= 15 is 0 Å². The van der Waals surface area contributed by atoms with Crippen LogP contribution in [0.15, 0.2) is 30.3 Å². The summed E-state index contributed by atoms with van der Waals surface area (Å²) in [7, 11) is 0. The van der Waals surface area contributed by atoms with Gasteiger partial charge in [0.25, 0.3) is 0 Å². The Hall–Kier alpha value is -0.860. The minimum absolute atomic E-state index is 0.499. The Kier molecular flexibility index (Phi) is 4.97. The van der Waals surface area contributed by atoms with Crippen molar-refractivity contribution < 1.29 is 0 Å². The lowest BCUT2D eigenvalue weighted by molar-refractivity contribution is 0.0452. The topological polar surface area (TPSA) is 15.3 Å². The van der Waals surface area contributed by atoms with Gasteiger partial charge in [0.1, 0.15) is 0 Å². The van der Waals surface area contributed by atoms with Gasteiger partial charge in [-0.2, -0.15) is 0 Å². The summed E-state index contributed by atoms with van der Waals surface area (Å²) >= 11 is 0. The molecular weight excluding hydrogens is 256 g/mol. The molecule has 1 aromatic carbocycles. The van der Waals surface area contributed by atoms with E-state index in [4.69, 9.17) is 0 Å². The van der Waals surface area contributed by atoms with E-state index < -0.39 is 0 Å². The first-order valence-corrected chi connectivity index (χ1v) is 8.81. The normalized spacial score (nSPS) is 25.5. The van der Waals surface area contributed by atoms with Gasteiger partial charge >= 0.3 is 0 Å². The largest absolute Gasteiger partial charge is 0.311 e. The van der Waals surface area contributed by atoms with Gasteiger partial charge in [0, 0.05) is 24.7 Å². The molecule has 2 nitrogen and oxygen atoms in total. The van der Waals surface area contributed by atoms with Crippen LogP contribution in [0.4, 0.5) is 0 Å². The minimum atomic E-state index is 0.499. The maximum absolute atomic E-state index is 3.72. The van der Waals surface area contributed by atoms with E-state index in [0.717, 1.165) is 0 Å². The zero-order valence-corrected chi connectivity index (χ0v) is 13.5. The van der Waals surface area contributed by atoms with Crippen molar-refractivity contribution in [3.63, 3.8) is 0 Å². The van der Waals surface area contributed by atoms with Gasteiger partial charge in [-0.15, -0.1) is 0 Å². The number of nitrogens with zero attached hydrogens (tertiary/aromatic N) is 1. The molecule has 0 amide bonds. The van der Waals surface area contributed by atoms with Gasteiger partial charge in [-0.1, -0.05) is 43.2 Å². The molecule has 0 aromatic heterocycles. The van der Waals surface area contributed by atoms with Crippen molar-refractivity contribution in [1.82, 2.24) is 10.2 Å². The summed E-state index contributed by atoms with van der Waals surface area (Å²) in [4.78, 5) is 2.83. The number of rotatable bonds is 5. The molecule has 0 radical (unpaired) electrons. The van der Waals surface area contributed by atoms with Crippen LogP contribution < -0.4 is 5.32 Å². The highest BCUT2D eigenvalue weighted by atomic mass is 15.3. The number of hydrogen-bond donors (Lipinski definition) is 1. The van der Waals surface area contributed by atoms with Crippen LogP contribution in [0.5, 0.6) is 0 Å². The summed E-state index contributed by atoms with van der Waals surface area (Å²) < 4.78 is 0. The van der Waals surface area contributed by atoms with Crippen molar-refractivity contribution in [2.24, 2.45) is 0 Å². The van der Waals surface area contributed by atoms with Crippen LogP contribution in [0.1, 0.15) is 51.0 Å². The Morgan fingerprint density at radius 3 is 2.67 bits per heavy atom. The average Bonchev–Trinajstić information content (AvgIpc) is 2.98. The van der Waals surface area contributed by atoms with Gasteiger partial charge in [-0.25, -0.2) is 0 Å². The number of piperazine rings is 1. The van der Waals surface area contributed by atoms with E-state index in [2.05, 4.69) is 47.5 Å². The minimum Gasteiger partial charge on any atom is -0.311 e. The van der Waals surface area contributed by atoms with Crippen LogP contribution in [-0.2, 0) is 6.42 Å². The van der Waals surface area contributed by atoms with Crippen LogP contribution in [0.25, 0.3) is 0 Å². The molecule has 1 saturated heterocycles. The third kappa shape index (κ3) is 3.67. The first-order chi connectivity index (χ1) is 10.3. The molecule has 116 valence electrons. The highest BCUT2D eigenvalue weighted by Gasteiger charge is 2.42. The van der Waals surface area contributed by atoms with Crippen molar-refractivity contribution in [3.8, 4) is 0 Å². The molecule has 1 aromatic rings. The molecule has 1 aliphatic carbocycles. The van der Waals surface area contributed by atoms with Crippen molar-refractivity contribution >= 4 is 0 Å². The van der Waals surface area contributed by atoms with E-state index in [0.29, 0.717) is 11.6 Å². The van der Waals surface area contributed by atoms with Crippen LogP contribution in [0, 0.1) is 0 Å². The zero-order valence-electron chi connectivity index (χ0n) is 13.5. The maximum Gasteiger partial charge on any atom is 0.0334 e. The van der Waals surface area contributed by atoms with E-state index in [1.807, 2.05) is 0 Å². The lowest BCUT2D eigenvalue weighted by Gasteiger charge is -2.48. The van der Waals surface area contributed by atoms with Crippen LogP contribution >= 0.6 is 0 Å². The fraction of sp³-hybridized carbons (Fsp3) is 0.684. The molecule has 1 aliphatic heterocycles. The summed E-state index contributed by atoms with van der Waals surface area (Å²) in [5, 5.41) is 3.72. The van der Waals surface area contributed by atoms with Gasteiger partial charge < -0.3 is 5.32 Å². The molecule has 21 heavy (non-hydrogen) atoms. The third-order valence-electron chi connectivity index (χ3n) is 5.47. The predicted octanol–water partition coefficient (Wildman–Crippen LogP) is 3.62. The SMILES string of the molecule is CC1CN(CCCCc2ccccc2)C2(CCCC2)CN1. The quantitative estimate of drug-likeness (QED) is 0.832. The third-order valence-corrected chi connectivity index (χ3v) is 5.47. The molecule has 1 atom stereocenters. The van der Waals surface area contributed by atoms with Gasteiger partial charge in [0.15, 0.2) is 0 Å². The Bertz CT molecular complexity index is 422. The number of unbranched alkanes of at least 4 members (excludes halogenated alkanes) is 1. The van der Waals surface area contributed by atoms with E-state index in [9.17, 15) is 0 Å². The summed E-state index contributed by atoms with van der Waals surface area (Å²) in [6.45, 7) is 6.08. The molecule has 3 rings (SSSR count). The summed E-state index contributed by atoms with van der Waals surface area (Å²) in [6, 6.07) is 11.6. The van der Waals surface area contributed by atoms with E-state index in [1.165, 1.54) is 70.1 Å². The Morgan fingerprint density at radius 2 is 1.90 bits per heavy atom. The summed E-state index contributed by atoms with van der Waals surface area (Å²) in [5.74, 6) is 0. The van der Waals surface area contributed by atoms with Gasteiger partial charge in [-0.3, -0.25) is 4.90 Å². The fourth-order valence-electron chi connectivity index (χ4n) is 4.20. The van der Waals surface area contributed by atoms with Gasteiger partial charge in [0.05, 0.1) is 0 Å². The van der Waals surface area contributed by atoms with Crippen molar-refractivity contribution in [2.45, 2.75) is 63.5 Å². The smallest absolute Gasteiger partial charge is 0.0334 e. The number of aryl methyl sites for hydroxylation is 1. The lowest BCUT2D eigenvalue weighted by Crippen LogP contribution is -2.62. The zero-order chi connectivity index (χ0) is 14.5. The molecule has 1 unspecified atom stereocenters. The molecule has 2 fully saturated rings. The predicted molar refractivity (Wildman–Crippen MR) is 89.6 cm³/mol. The summed E-state index contributed by atoms with van der Waals surface area (Å²) in [6.07, 6.45) is 9.56. The monoisotopic (exact) mass is 286 g/mol. The fourth-order valence-corrected chi connectivity index (χ4v) is 4.20. The molecule has 2 heteroatoms. The Balaban J connectivity index is 1.48. The van der Waals surface area contributed by atoms with E-state index in [-0.39, 0.29) is 0 Å². The lowest BCUT2D eigenvalue weighted by atomic mass is 9.90. The molecule has 1 spiro atoms. The van der Waals surface area contributed by atoms with Crippen LogP contribution in [0.2, 0.25) is 0 Å². The second-order valence-corrected chi connectivity index (χ2v) is 7.10.